The van der Waals surface area contributed by atoms with E-state index in [9.17, 15) is 8.42 Å². The second-order valence-corrected chi connectivity index (χ2v) is 6.67. The summed E-state index contributed by atoms with van der Waals surface area (Å²) >= 11 is 0. The third-order valence-electron chi connectivity index (χ3n) is 3.30. The fourth-order valence-electron chi connectivity index (χ4n) is 2.22. The Kier molecular flexibility index (Phi) is 4.76. The van der Waals surface area contributed by atoms with Crippen LogP contribution in [0, 0.1) is 13.8 Å². The van der Waals surface area contributed by atoms with Crippen LogP contribution in [0.3, 0.4) is 0 Å². The number of aryl methyl sites for hydroxylation is 2. The van der Waals surface area contributed by atoms with Crippen molar-refractivity contribution in [3.63, 3.8) is 0 Å². The lowest BCUT2D eigenvalue weighted by Crippen LogP contribution is -2.28. The standard InChI is InChI=1S/C14H20N4O2S/c1-10-14(11(2)18-17-10)21(19,20)16-9-8-13(15)12-6-4-3-5-7-12/h3-7,13,16H,8-9,15H2,1-2H3,(H,17,18). The molecule has 0 aliphatic carbocycles. The molecule has 0 bridgehead atoms. The van der Waals surface area contributed by atoms with Gasteiger partial charge >= 0.3 is 0 Å². The van der Waals surface area contributed by atoms with Crippen LogP contribution in [-0.2, 0) is 10.0 Å². The van der Waals surface area contributed by atoms with Gasteiger partial charge in [0.1, 0.15) is 4.90 Å². The molecule has 6 nitrogen and oxygen atoms in total. The molecule has 0 aliphatic heterocycles. The molecule has 0 radical (unpaired) electrons. The molecular weight excluding hydrogens is 288 g/mol. The monoisotopic (exact) mass is 308 g/mol. The molecule has 21 heavy (non-hydrogen) atoms. The van der Waals surface area contributed by atoms with Crippen molar-refractivity contribution in [1.82, 2.24) is 14.9 Å². The van der Waals surface area contributed by atoms with Crippen LogP contribution in [0.5, 0.6) is 0 Å². The number of nitrogens with two attached hydrogens (primary N) is 1. The number of aromatic amines is 1. The molecule has 1 aromatic heterocycles. The van der Waals surface area contributed by atoms with Gasteiger partial charge in [-0.1, -0.05) is 30.3 Å². The summed E-state index contributed by atoms with van der Waals surface area (Å²) in [5, 5.41) is 6.58. The van der Waals surface area contributed by atoms with E-state index in [1.807, 2.05) is 30.3 Å². The number of aromatic nitrogens is 2. The number of benzene rings is 1. The Labute approximate surface area is 124 Å². The van der Waals surface area contributed by atoms with E-state index in [-0.39, 0.29) is 17.5 Å². The lowest BCUT2D eigenvalue weighted by atomic mass is 10.1. The average molecular weight is 308 g/mol. The van der Waals surface area contributed by atoms with Gasteiger partial charge in [-0.3, -0.25) is 5.10 Å². The van der Waals surface area contributed by atoms with Crippen molar-refractivity contribution >= 4 is 10.0 Å². The molecular formula is C14H20N4O2S. The van der Waals surface area contributed by atoms with Gasteiger partial charge < -0.3 is 5.73 Å². The zero-order valence-electron chi connectivity index (χ0n) is 12.1. The minimum absolute atomic E-state index is 0.194. The fraction of sp³-hybridized carbons (Fsp3) is 0.357. The van der Waals surface area contributed by atoms with E-state index in [0.717, 1.165) is 5.56 Å². The predicted molar refractivity (Wildman–Crippen MR) is 81.2 cm³/mol. The summed E-state index contributed by atoms with van der Waals surface area (Å²) in [4.78, 5) is 0.218. The largest absolute Gasteiger partial charge is 0.324 e. The molecule has 1 heterocycles. The number of rotatable bonds is 6. The maximum atomic E-state index is 12.2. The number of H-pyrrole nitrogens is 1. The van der Waals surface area contributed by atoms with Gasteiger partial charge in [-0.25, -0.2) is 13.1 Å². The summed E-state index contributed by atoms with van der Waals surface area (Å²) < 4.78 is 27.1. The van der Waals surface area contributed by atoms with E-state index in [1.54, 1.807) is 13.8 Å². The highest BCUT2D eigenvalue weighted by molar-refractivity contribution is 7.89. The molecule has 0 fully saturated rings. The highest BCUT2D eigenvalue weighted by atomic mass is 32.2. The highest BCUT2D eigenvalue weighted by Crippen LogP contribution is 2.17. The summed E-state index contributed by atoms with van der Waals surface area (Å²) in [6.07, 6.45) is 0.527. The van der Waals surface area contributed by atoms with Crippen molar-refractivity contribution in [2.24, 2.45) is 5.73 Å². The third kappa shape index (κ3) is 3.69. The van der Waals surface area contributed by atoms with Gasteiger partial charge in [0, 0.05) is 12.6 Å². The zero-order valence-corrected chi connectivity index (χ0v) is 12.9. The number of hydrogen-bond acceptors (Lipinski definition) is 4. The van der Waals surface area contributed by atoms with Gasteiger partial charge in [0.25, 0.3) is 0 Å². The molecule has 0 aliphatic rings. The van der Waals surface area contributed by atoms with Gasteiger partial charge in [0.2, 0.25) is 10.0 Å². The second-order valence-electron chi connectivity index (χ2n) is 4.97. The zero-order chi connectivity index (χ0) is 15.5. The van der Waals surface area contributed by atoms with Crippen LogP contribution >= 0.6 is 0 Å². The quantitative estimate of drug-likeness (QED) is 0.750. The third-order valence-corrected chi connectivity index (χ3v) is 5.03. The first-order valence-corrected chi connectivity index (χ1v) is 8.22. The molecule has 2 rings (SSSR count). The first-order valence-electron chi connectivity index (χ1n) is 6.73. The molecule has 1 unspecified atom stereocenters. The minimum atomic E-state index is -3.56. The van der Waals surface area contributed by atoms with Crippen molar-refractivity contribution in [2.75, 3.05) is 6.54 Å². The molecule has 0 saturated carbocycles. The number of hydrogen-bond donors (Lipinski definition) is 3. The van der Waals surface area contributed by atoms with Crippen molar-refractivity contribution in [3.8, 4) is 0 Å². The van der Waals surface area contributed by atoms with Gasteiger partial charge in [0.15, 0.2) is 0 Å². The fourth-order valence-corrected chi connectivity index (χ4v) is 3.64. The molecule has 0 spiro atoms. The smallest absolute Gasteiger partial charge is 0.244 e. The van der Waals surface area contributed by atoms with Crippen molar-refractivity contribution in [3.05, 3.63) is 47.3 Å². The Bertz CT molecular complexity index is 676. The lowest BCUT2D eigenvalue weighted by Gasteiger charge is -2.12. The average Bonchev–Trinajstić information content (AvgIpc) is 2.79. The summed E-state index contributed by atoms with van der Waals surface area (Å²) in [5.74, 6) is 0. The van der Waals surface area contributed by atoms with Crippen molar-refractivity contribution in [1.29, 1.82) is 0 Å². The maximum Gasteiger partial charge on any atom is 0.244 e. The van der Waals surface area contributed by atoms with Gasteiger partial charge in [-0.05, 0) is 25.8 Å². The Morgan fingerprint density at radius 3 is 2.52 bits per heavy atom. The molecule has 7 heteroatoms. The SMILES string of the molecule is Cc1n[nH]c(C)c1S(=O)(=O)NCCC(N)c1ccccc1. The van der Waals surface area contributed by atoms with E-state index in [4.69, 9.17) is 5.73 Å². The van der Waals surface area contributed by atoms with Crippen LogP contribution in [0.2, 0.25) is 0 Å². The van der Waals surface area contributed by atoms with E-state index < -0.39 is 10.0 Å². The van der Waals surface area contributed by atoms with Gasteiger partial charge in [0.05, 0.1) is 11.4 Å². The number of nitrogens with zero attached hydrogens (tertiary/aromatic N) is 1. The van der Waals surface area contributed by atoms with E-state index in [2.05, 4.69) is 14.9 Å². The van der Waals surface area contributed by atoms with Crippen LogP contribution in [0.1, 0.15) is 29.4 Å². The van der Waals surface area contributed by atoms with E-state index in [0.29, 0.717) is 17.8 Å². The van der Waals surface area contributed by atoms with Crippen LogP contribution in [-0.4, -0.2) is 25.2 Å². The minimum Gasteiger partial charge on any atom is -0.324 e. The predicted octanol–water partition coefficient (Wildman–Crippen LogP) is 1.39. The molecule has 0 amide bonds. The van der Waals surface area contributed by atoms with Crippen LogP contribution < -0.4 is 10.5 Å². The number of nitrogens with one attached hydrogen (secondary N) is 2. The number of sulfonamides is 1. The first kappa shape index (κ1) is 15.7. The van der Waals surface area contributed by atoms with Gasteiger partial charge in [-0.15, -0.1) is 0 Å². The normalized spacial score (nSPS) is 13.3. The molecule has 0 saturated heterocycles. The van der Waals surface area contributed by atoms with Crippen LogP contribution in [0.4, 0.5) is 0 Å². The molecule has 1 atom stereocenters. The summed E-state index contributed by atoms with van der Waals surface area (Å²) in [6.45, 7) is 3.63. The van der Waals surface area contributed by atoms with E-state index >= 15 is 0 Å². The Morgan fingerprint density at radius 2 is 1.95 bits per heavy atom. The lowest BCUT2D eigenvalue weighted by molar-refractivity contribution is 0.568. The maximum absolute atomic E-state index is 12.2. The molecule has 4 N–H and O–H groups in total. The topological polar surface area (TPSA) is 101 Å². The van der Waals surface area contributed by atoms with Gasteiger partial charge in [-0.2, -0.15) is 5.10 Å². The molecule has 114 valence electrons. The summed E-state index contributed by atoms with van der Waals surface area (Å²) in [7, 11) is -3.56. The van der Waals surface area contributed by atoms with Crippen LogP contribution in [0.25, 0.3) is 0 Å². The summed E-state index contributed by atoms with van der Waals surface area (Å²) in [6, 6.07) is 9.42. The summed E-state index contributed by atoms with van der Waals surface area (Å²) in [5.41, 5.74) is 8.04. The highest BCUT2D eigenvalue weighted by Gasteiger charge is 2.21. The Balaban J connectivity index is 1.97. The van der Waals surface area contributed by atoms with Crippen molar-refractivity contribution in [2.45, 2.75) is 31.2 Å². The van der Waals surface area contributed by atoms with Crippen molar-refractivity contribution < 1.29 is 8.42 Å². The Hall–Kier alpha value is -1.70. The van der Waals surface area contributed by atoms with Crippen LogP contribution in [0.15, 0.2) is 35.2 Å². The van der Waals surface area contributed by atoms with E-state index in [1.165, 1.54) is 0 Å². The first-order chi connectivity index (χ1) is 9.92. The second kappa shape index (κ2) is 6.38. The Morgan fingerprint density at radius 1 is 1.29 bits per heavy atom. The molecule has 2 aromatic rings. The molecule has 1 aromatic carbocycles.